The van der Waals surface area contributed by atoms with E-state index in [1.54, 1.807) is 0 Å². The normalized spacial score (nSPS) is 19.8. The molecule has 0 aliphatic carbocycles. The summed E-state index contributed by atoms with van der Waals surface area (Å²) < 4.78 is 17.7. The first-order valence-electron chi connectivity index (χ1n) is 7.44. The van der Waals surface area contributed by atoms with Crippen molar-refractivity contribution in [2.45, 2.75) is 84.3 Å². The van der Waals surface area contributed by atoms with E-state index in [2.05, 4.69) is 34.6 Å². The quantitative estimate of drug-likeness (QED) is 0.344. The summed E-state index contributed by atoms with van der Waals surface area (Å²) in [6, 6.07) is 2.16. The van der Waals surface area contributed by atoms with Crippen LogP contribution in [0.15, 0.2) is 0 Å². The molecule has 1 rings (SSSR count). The highest BCUT2D eigenvalue weighted by Gasteiger charge is 2.37. The maximum absolute atomic E-state index is 6.21. The van der Waals surface area contributed by atoms with Crippen molar-refractivity contribution in [1.82, 2.24) is 0 Å². The van der Waals surface area contributed by atoms with Crippen LogP contribution in [0, 0.1) is 0 Å². The number of rotatable bonds is 10. The van der Waals surface area contributed by atoms with Gasteiger partial charge in [0.1, 0.15) is 0 Å². The Morgan fingerprint density at radius 3 is 2.06 bits per heavy atom. The standard InChI is InChI=1S/C14H30O3Si/c1-6-18(16-12(2)3,17-13(4)5)10-8-7-9-14-11-15-14/h12-14H,6-11H2,1-5H3. The van der Waals surface area contributed by atoms with E-state index in [1.165, 1.54) is 19.3 Å². The van der Waals surface area contributed by atoms with Crippen molar-refractivity contribution in [3.63, 3.8) is 0 Å². The summed E-state index contributed by atoms with van der Waals surface area (Å²) in [5.74, 6) is 0. The number of hydrogen-bond donors (Lipinski definition) is 0. The van der Waals surface area contributed by atoms with E-state index in [0.717, 1.165) is 18.7 Å². The fourth-order valence-corrected chi connectivity index (χ4v) is 5.83. The number of unbranched alkanes of at least 4 members (excludes halogenated alkanes) is 1. The molecule has 1 unspecified atom stereocenters. The minimum Gasteiger partial charge on any atom is -0.392 e. The first kappa shape index (κ1) is 16.2. The van der Waals surface area contributed by atoms with Gasteiger partial charge in [-0.05, 0) is 46.2 Å². The van der Waals surface area contributed by atoms with E-state index in [0.29, 0.717) is 6.10 Å². The van der Waals surface area contributed by atoms with Crippen LogP contribution >= 0.6 is 0 Å². The van der Waals surface area contributed by atoms with Gasteiger partial charge in [-0.2, -0.15) is 0 Å². The van der Waals surface area contributed by atoms with E-state index >= 15 is 0 Å². The lowest BCUT2D eigenvalue weighted by Crippen LogP contribution is -2.45. The molecule has 1 heterocycles. The highest BCUT2D eigenvalue weighted by atomic mass is 28.4. The van der Waals surface area contributed by atoms with Gasteiger partial charge in [-0.15, -0.1) is 0 Å². The van der Waals surface area contributed by atoms with E-state index in [1.807, 2.05) is 0 Å². The molecule has 0 aromatic heterocycles. The van der Waals surface area contributed by atoms with Gasteiger partial charge in [0.2, 0.25) is 0 Å². The highest BCUT2D eigenvalue weighted by Crippen LogP contribution is 2.27. The predicted molar refractivity (Wildman–Crippen MR) is 77.1 cm³/mol. The SMILES string of the molecule is CC[Si](CCCCC1CO1)(OC(C)C)OC(C)C. The molecule has 1 aliphatic heterocycles. The molecule has 0 spiro atoms. The Morgan fingerprint density at radius 1 is 1.11 bits per heavy atom. The largest absolute Gasteiger partial charge is 0.392 e. The first-order valence-corrected chi connectivity index (χ1v) is 9.67. The zero-order chi connectivity index (χ0) is 13.6. The average Bonchev–Trinajstić information content (AvgIpc) is 3.06. The van der Waals surface area contributed by atoms with Crippen molar-refractivity contribution in [1.29, 1.82) is 0 Å². The lowest BCUT2D eigenvalue weighted by molar-refractivity contribution is 0.104. The second-order valence-electron chi connectivity index (χ2n) is 5.80. The molecule has 0 aromatic rings. The van der Waals surface area contributed by atoms with Gasteiger partial charge in [-0.1, -0.05) is 19.8 Å². The van der Waals surface area contributed by atoms with E-state index in [-0.39, 0.29) is 12.2 Å². The molecule has 0 amide bonds. The van der Waals surface area contributed by atoms with E-state index < -0.39 is 8.56 Å². The summed E-state index contributed by atoms with van der Waals surface area (Å²) in [7, 11) is -1.99. The van der Waals surface area contributed by atoms with Crippen molar-refractivity contribution in [2.24, 2.45) is 0 Å². The third-order valence-electron chi connectivity index (χ3n) is 3.18. The number of epoxide rings is 1. The maximum Gasteiger partial charge on any atom is 0.338 e. The Balaban J connectivity index is 2.39. The maximum atomic E-state index is 6.21. The monoisotopic (exact) mass is 274 g/mol. The summed E-state index contributed by atoms with van der Waals surface area (Å²) >= 11 is 0. The van der Waals surface area contributed by atoms with Crippen molar-refractivity contribution >= 4 is 8.56 Å². The highest BCUT2D eigenvalue weighted by molar-refractivity contribution is 6.67. The van der Waals surface area contributed by atoms with Crippen LogP contribution in [-0.2, 0) is 13.6 Å². The molecule has 0 bridgehead atoms. The molecular formula is C14H30O3Si. The third kappa shape index (κ3) is 6.32. The van der Waals surface area contributed by atoms with Gasteiger partial charge in [0.25, 0.3) is 0 Å². The lowest BCUT2D eigenvalue weighted by atomic mass is 10.2. The molecule has 3 nitrogen and oxygen atoms in total. The molecule has 4 heteroatoms. The van der Waals surface area contributed by atoms with Crippen LogP contribution in [-0.4, -0.2) is 33.5 Å². The Morgan fingerprint density at radius 2 is 1.67 bits per heavy atom. The van der Waals surface area contributed by atoms with Gasteiger partial charge in [-0.25, -0.2) is 0 Å². The Kier molecular flexibility index (Phi) is 6.85. The Bertz CT molecular complexity index is 217. The van der Waals surface area contributed by atoms with Gasteiger partial charge in [0, 0.05) is 12.2 Å². The zero-order valence-corrected chi connectivity index (χ0v) is 13.7. The number of ether oxygens (including phenoxy) is 1. The van der Waals surface area contributed by atoms with Crippen molar-refractivity contribution in [3.8, 4) is 0 Å². The summed E-state index contributed by atoms with van der Waals surface area (Å²) in [5.41, 5.74) is 0. The Labute approximate surface area is 113 Å². The molecule has 0 saturated carbocycles. The minimum atomic E-state index is -1.99. The van der Waals surface area contributed by atoms with Crippen LogP contribution in [0.3, 0.4) is 0 Å². The molecule has 1 fully saturated rings. The minimum absolute atomic E-state index is 0.266. The fraction of sp³-hybridized carbons (Fsp3) is 1.00. The molecule has 1 saturated heterocycles. The molecule has 0 radical (unpaired) electrons. The molecule has 1 atom stereocenters. The smallest absolute Gasteiger partial charge is 0.338 e. The van der Waals surface area contributed by atoms with Gasteiger partial charge >= 0.3 is 8.56 Å². The fourth-order valence-electron chi connectivity index (χ4n) is 2.35. The molecular weight excluding hydrogens is 244 g/mol. The third-order valence-corrected chi connectivity index (χ3v) is 7.17. The van der Waals surface area contributed by atoms with Crippen LogP contribution in [0.2, 0.25) is 12.1 Å². The molecule has 1 aliphatic rings. The predicted octanol–water partition coefficient (Wildman–Crippen LogP) is 3.87. The van der Waals surface area contributed by atoms with E-state index in [9.17, 15) is 0 Å². The summed E-state index contributed by atoms with van der Waals surface area (Å²) in [6.45, 7) is 11.6. The van der Waals surface area contributed by atoms with Crippen LogP contribution < -0.4 is 0 Å². The second-order valence-corrected chi connectivity index (χ2v) is 9.30. The van der Waals surface area contributed by atoms with E-state index in [4.69, 9.17) is 13.6 Å². The Hall–Kier alpha value is 0.0969. The van der Waals surface area contributed by atoms with Crippen LogP contribution in [0.1, 0.15) is 53.9 Å². The zero-order valence-electron chi connectivity index (χ0n) is 12.7. The second kappa shape index (κ2) is 7.63. The molecule has 0 N–H and O–H groups in total. The average molecular weight is 274 g/mol. The van der Waals surface area contributed by atoms with Crippen molar-refractivity contribution < 1.29 is 13.6 Å². The summed E-state index contributed by atoms with van der Waals surface area (Å²) in [5, 5.41) is 0. The van der Waals surface area contributed by atoms with Gasteiger partial charge in [-0.3, -0.25) is 0 Å². The van der Waals surface area contributed by atoms with Gasteiger partial charge in [0.05, 0.1) is 12.7 Å². The molecule has 108 valence electrons. The van der Waals surface area contributed by atoms with Gasteiger partial charge < -0.3 is 13.6 Å². The van der Waals surface area contributed by atoms with Crippen LogP contribution in [0.5, 0.6) is 0 Å². The van der Waals surface area contributed by atoms with Crippen LogP contribution in [0.4, 0.5) is 0 Å². The number of hydrogen-bond acceptors (Lipinski definition) is 3. The summed E-state index contributed by atoms with van der Waals surface area (Å²) in [4.78, 5) is 0. The van der Waals surface area contributed by atoms with Crippen molar-refractivity contribution in [3.05, 3.63) is 0 Å². The summed E-state index contributed by atoms with van der Waals surface area (Å²) in [6.07, 6.45) is 4.74. The lowest BCUT2D eigenvalue weighted by Gasteiger charge is -2.33. The molecule has 0 aromatic carbocycles. The van der Waals surface area contributed by atoms with Crippen LogP contribution in [0.25, 0.3) is 0 Å². The van der Waals surface area contributed by atoms with Crippen molar-refractivity contribution in [2.75, 3.05) is 6.61 Å². The molecule has 18 heavy (non-hydrogen) atoms. The van der Waals surface area contributed by atoms with Gasteiger partial charge in [0.15, 0.2) is 0 Å². The topological polar surface area (TPSA) is 31.0 Å². The first-order chi connectivity index (χ1) is 8.47.